The summed E-state index contributed by atoms with van der Waals surface area (Å²) >= 11 is 0. The lowest BCUT2D eigenvalue weighted by molar-refractivity contribution is 0.508. The largest absolute Gasteiger partial charge is 0.420 e. The van der Waals surface area contributed by atoms with E-state index in [4.69, 9.17) is 10.2 Å². The average molecular weight is 215 g/mol. The van der Waals surface area contributed by atoms with Gasteiger partial charge >= 0.3 is 0 Å². The van der Waals surface area contributed by atoms with E-state index in [1.165, 1.54) is 0 Å². The minimum atomic E-state index is 0.489. The molecule has 1 aromatic heterocycles. The second-order valence-corrected chi connectivity index (χ2v) is 4.24. The smallest absolute Gasteiger partial charge is 0.248 e. The molecule has 16 heavy (non-hydrogen) atoms. The van der Waals surface area contributed by atoms with Crippen molar-refractivity contribution in [2.24, 2.45) is 0 Å². The number of benzene rings is 1. The molecule has 1 saturated carbocycles. The van der Waals surface area contributed by atoms with E-state index in [2.05, 4.69) is 10.2 Å². The molecule has 4 heteroatoms. The molecule has 0 unspecified atom stereocenters. The maximum Gasteiger partial charge on any atom is 0.248 e. The highest BCUT2D eigenvalue weighted by Crippen LogP contribution is 2.40. The highest BCUT2D eigenvalue weighted by atomic mass is 16.4. The second-order valence-electron chi connectivity index (χ2n) is 4.24. The summed E-state index contributed by atoms with van der Waals surface area (Å²) in [6, 6.07) is 5.73. The molecule has 0 bridgehead atoms. The van der Waals surface area contributed by atoms with E-state index in [1.807, 2.05) is 25.1 Å². The van der Waals surface area contributed by atoms with E-state index in [-0.39, 0.29) is 0 Å². The zero-order valence-corrected chi connectivity index (χ0v) is 9.10. The van der Waals surface area contributed by atoms with Gasteiger partial charge in [0.2, 0.25) is 11.8 Å². The van der Waals surface area contributed by atoms with E-state index in [0.29, 0.717) is 11.8 Å². The Morgan fingerprint density at radius 1 is 1.31 bits per heavy atom. The van der Waals surface area contributed by atoms with Crippen molar-refractivity contribution in [1.82, 2.24) is 10.2 Å². The molecule has 0 radical (unpaired) electrons. The number of nitrogen functional groups attached to an aromatic ring is 1. The molecule has 0 spiro atoms. The maximum atomic E-state index is 5.85. The van der Waals surface area contributed by atoms with Crippen molar-refractivity contribution in [2.45, 2.75) is 25.7 Å². The van der Waals surface area contributed by atoms with Gasteiger partial charge < -0.3 is 10.2 Å². The minimum Gasteiger partial charge on any atom is -0.420 e. The molecular weight excluding hydrogens is 202 g/mol. The Kier molecular flexibility index (Phi) is 1.96. The molecule has 3 rings (SSSR count). The van der Waals surface area contributed by atoms with Gasteiger partial charge in [0.25, 0.3) is 0 Å². The first-order chi connectivity index (χ1) is 7.75. The van der Waals surface area contributed by atoms with Crippen molar-refractivity contribution in [1.29, 1.82) is 0 Å². The number of anilines is 1. The SMILES string of the molecule is Cc1c(N)cccc1-c1nnc(C2CC2)o1. The fourth-order valence-corrected chi connectivity index (χ4v) is 1.72. The van der Waals surface area contributed by atoms with Gasteiger partial charge in [-0.3, -0.25) is 0 Å². The number of rotatable bonds is 2. The predicted octanol–water partition coefficient (Wildman–Crippen LogP) is 2.50. The highest BCUT2D eigenvalue weighted by Gasteiger charge is 2.29. The number of nitrogens with zero attached hydrogens (tertiary/aromatic N) is 2. The molecule has 1 heterocycles. The van der Waals surface area contributed by atoms with Gasteiger partial charge in [0, 0.05) is 17.2 Å². The van der Waals surface area contributed by atoms with Gasteiger partial charge in [0.1, 0.15) is 0 Å². The molecule has 1 aliphatic rings. The van der Waals surface area contributed by atoms with Crippen molar-refractivity contribution in [3.8, 4) is 11.5 Å². The van der Waals surface area contributed by atoms with Gasteiger partial charge in [0.15, 0.2) is 0 Å². The van der Waals surface area contributed by atoms with Crippen LogP contribution < -0.4 is 5.73 Å². The Hall–Kier alpha value is -1.84. The Balaban J connectivity index is 2.03. The van der Waals surface area contributed by atoms with Crippen LogP contribution in [0.4, 0.5) is 5.69 Å². The molecule has 1 aromatic carbocycles. The summed E-state index contributed by atoms with van der Waals surface area (Å²) in [6.07, 6.45) is 2.33. The first-order valence-electron chi connectivity index (χ1n) is 5.44. The van der Waals surface area contributed by atoms with E-state index in [1.54, 1.807) is 0 Å². The van der Waals surface area contributed by atoms with Crippen LogP contribution in [0.3, 0.4) is 0 Å². The molecule has 82 valence electrons. The first kappa shape index (κ1) is 9.39. The zero-order valence-electron chi connectivity index (χ0n) is 9.10. The molecule has 2 N–H and O–H groups in total. The molecule has 1 aliphatic carbocycles. The monoisotopic (exact) mass is 215 g/mol. The summed E-state index contributed by atoms with van der Waals surface area (Å²) in [5, 5.41) is 8.15. The zero-order chi connectivity index (χ0) is 11.1. The van der Waals surface area contributed by atoms with Gasteiger partial charge in [0.05, 0.1) is 0 Å². The van der Waals surface area contributed by atoms with Crippen LogP contribution in [-0.4, -0.2) is 10.2 Å². The topological polar surface area (TPSA) is 64.9 Å². The van der Waals surface area contributed by atoms with Gasteiger partial charge in [-0.15, -0.1) is 10.2 Å². The summed E-state index contributed by atoms with van der Waals surface area (Å²) in [7, 11) is 0. The maximum absolute atomic E-state index is 5.85. The predicted molar refractivity (Wildman–Crippen MR) is 60.9 cm³/mol. The second kappa shape index (κ2) is 3.33. The summed E-state index contributed by atoms with van der Waals surface area (Å²) in [6.45, 7) is 1.96. The lowest BCUT2D eigenvalue weighted by atomic mass is 10.1. The van der Waals surface area contributed by atoms with Gasteiger partial charge in [-0.1, -0.05) is 6.07 Å². The Bertz CT molecular complexity index is 529. The van der Waals surface area contributed by atoms with Gasteiger partial charge in [-0.2, -0.15) is 0 Å². The van der Waals surface area contributed by atoms with E-state index < -0.39 is 0 Å². The van der Waals surface area contributed by atoms with Crippen LogP contribution >= 0.6 is 0 Å². The van der Waals surface area contributed by atoms with E-state index >= 15 is 0 Å². The van der Waals surface area contributed by atoms with Crippen molar-refractivity contribution >= 4 is 5.69 Å². The lowest BCUT2D eigenvalue weighted by Gasteiger charge is -2.03. The normalized spacial score (nSPS) is 15.3. The standard InChI is InChI=1S/C12H13N3O/c1-7-9(3-2-4-10(7)13)12-15-14-11(16-12)8-5-6-8/h2-4,8H,5-6,13H2,1H3. The van der Waals surface area contributed by atoms with Crippen molar-refractivity contribution in [2.75, 3.05) is 5.73 Å². The fourth-order valence-electron chi connectivity index (χ4n) is 1.72. The number of nitrogens with two attached hydrogens (primary N) is 1. The third kappa shape index (κ3) is 1.46. The summed E-state index contributed by atoms with van der Waals surface area (Å²) in [5.74, 6) is 1.83. The van der Waals surface area contributed by atoms with Crippen molar-refractivity contribution < 1.29 is 4.42 Å². The number of aromatic nitrogens is 2. The number of hydrogen-bond donors (Lipinski definition) is 1. The molecule has 4 nitrogen and oxygen atoms in total. The molecule has 1 fully saturated rings. The van der Waals surface area contributed by atoms with Crippen LogP contribution in [0.15, 0.2) is 22.6 Å². The van der Waals surface area contributed by atoms with Crippen LogP contribution in [-0.2, 0) is 0 Å². The minimum absolute atomic E-state index is 0.489. The van der Waals surface area contributed by atoms with Crippen LogP contribution in [0.1, 0.15) is 30.2 Å². The molecule has 0 atom stereocenters. The molecule has 0 aliphatic heterocycles. The lowest BCUT2D eigenvalue weighted by Crippen LogP contribution is -1.91. The van der Waals surface area contributed by atoms with Crippen molar-refractivity contribution in [3.63, 3.8) is 0 Å². The number of hydrogen-bond acceptors (Lipinski definition) is 4. The van der Waals surface area contributed by atoms with Crippen LogP contribution in [0.25, 0.3) is 11.5 Å². The molecule has 0 saturated heterocycles. The summed E-state index contributed by atoms with van der Waals surface area (Å²) in [4.78, 5) is 0. The molecule has 0 amide bonds. The van der Waals surface area contributed by atoms with E-state index in [9.17, 15) is 0 Å². The van der Waals surface area contributed by atoms with Crippen LogP contribution in [0.5, 0.6) is 0 Å². The third-order valence-electron chi connectivity index (χ3n) is 2.97. The summed E-state index contributed by atoms with van der Waals surface area (Å²) in [5.41, 5.74) is 8.52. The summed E-state index contributed by atoms with van der Waals surface area (Å²) < 4.78 is 5.65. The van der Waals surface area contributed by atoms with Crippen LogP contribution in [0.2, 0.25) is 0 Å². The Labute approximate surface area is 93.5 Å². The molecular formula is C12H13N3O. The third-order valence-corrected chi connectivity index (χ3v) is 2.97. The Morgan fingerprint density at radius 2 is 2.12 bits per heavy atom. The van der Waals surface area contributed by atoms with Crippen LogP contribution in [0, 0.1) is 6.92 Å². The Morgan fingerprint density at radius 3 is 2.88 bits per heavy atom. The first-order valence-corrected chi connectivity index (χ1v) is 5.44. The van der Waals surface area contributed by atoms with Gasteiger partial charge in [-0.05, 0) is 37.5 Å². The highest BCUT2D eigenvalue weighted by molar-refractivity contribution is 5.66. The fraction of sp³-hybridized carbons (Fsp3) is 0.333. The van der Waals surface area contributed by atoms with Crippen molar-refractivity contribution in [3.05, 3.63) is 29.7 Å². The van der Waals surface area contributed by atoms with Gasteiger partial charge in [-0.25, -0.2) is 0 Å². The average Bonchev–Trinajstić information content (AvgIpc) is 3.02. The van der Waals surface area contributed by atoms with E-state index in [0.717, 1.165) is 35.5 Å². The molecule has 2 aromatic rings. The quantitative estimate of drug-likeness (QED) is 0.782.